The zero-order valence-corrected chi connectivity index (χ0v) is 11.0. The lowest BCUT2D eigenvalue weighted by molar-refractivity contribution is 0.618. The number of hydrogen-bond donors (Lipinski definition) is 0. The minimum Gasteiger partial charge on any atom is -0.0874 e. The molecule has 3 atom stereocenters. The molecule has 2 aliphatic rings. The van der Waals surface area contributed by atoms with E-state index in [2.05, 4.69) is 64.5 Å². The van der Waals surface area contributed by atoms with Crippen molar-refractivity contribution in [3.8, 4) is 0 Å². The van der Waals surface area contributed by atoms with E-state index in [9.17, 15) is 0 Å². The molecule has 2 aliphatic carbocycles. The van der Waals surface area contributed by atoms with Crippen molar-refractivity contribution in [1.29, 1.82) is 0 Å². The van der Waals surface area contributed by atoms with E-state index in [4.69, 9.17) is 0 Å². The summed E-state index contributed by atoms with van der Waals surface area (Å²) >= 11 is 3.93. The van der Waals surface area contributed by atoms with E-state index < -0.39 is 0 Å². The van der Waals surface area contributed by atoms with Crippen LogP contribution < -0.4 is 0 Å². The van der Waals surface area contributed by atoms with E-state index in [0.29, 0.717) is 16.7 Å². The van der Waals surface area contributed by atoms with Crippen molar-refractivity contribution in [3.05, 3.63) is 70.8 Å². The molecule has 0 aliphatic heterocycles. The smallest absolute Gasteiger partial charge is 0.0327 e. The SMILES string of the molecule is BrC1C2Cc3ccccc3C1c1ccccc12. The Bertz CT molecular complexity index is 577. The molecule has 84 valence electrons. The molecule has 0 saturated heterocycles. The largest absolute Gasteiger partial charge is 0.0874 e. The van der Waals surface area contributed by atoms with E-state index in [1.54, 1.807) is 5.56 Å². The van der Waals surface area contributed by atoms with Crippen molar-refractivity contribution in [3.63, 3.8) is 0 Å². The van der Waals surface area contributed by atoms with Gasteiger partial charge < -0.3 is 0 Å². The molecule has 2 aromatic carbocycles. The minimum absolute atomic E-state index is 0.557. The van der Waals surface area contributed by atoms with Crippen LogP contribution in [0.2, 0.25) is 0 Å². The zero-order valence-electron chi connectivity index (χ0n) is 9.44. The van der Waals surface area contributed by atoms with Gasteiger partial charge in [0.25, 0.3) is 0 Å². The quantitative estimate of drug-likeness (QED) is 0.635. The molecular weight excluding hydrogens is 272 g/mol. The maximum absolute atomic E-state index is 3.93. The first-order chi connectivity index (χ1) is 8.36. The molecular formula is C16H13Br. The third-order valence-electron chi connectivity index (χ3n) is 4.26. The summed E-state index contributed by atoms with van der Waals surface area (Å²) in [5.74, 6) is 1.22. The number of alkyl halides is 1. The average molecular weight is 285 g/mol. The van der Waals surface area contributed by atoms with Crippen molar-refractivity contribution in [1.82, 2.24) is 0 Å². The van der Waals surface area contributed by atoms with Crippen LogP contribution in [-0.2, 0) is 6.42 Å². The van der Waals surface area contributed by atoms with Gasteiger partial charge in [0.2, 0.25) is 0 Å². The Morgan fingerprint density at radius 3 is 2.29 bits per heavy atom. The first kappa shape index (κ1) is 9.90. The summed E-state index contributed by atoms with van der Waals surface area (Å²) in [6.07, 6.45) is 1.18. The molecule has 0 heterocycles. The van der Waals surface area contributed by atoms with Crippen LogP contribution in [0.15, 0.2) is 48.5 Å². The second kappa shape index (κ2) is 3.46. The molecule has 0 fully saturated rings. The van der Waals surface area contributed by atoms with Gasteiger partial charge in [-0.25, -0.2) is 0 Å². The molecule has 2 aromatic rings. The molecule has 0 N–H and O–H groups in total. The number of rotatable bonds is 0. The van der Waals surface area contributed by atoms with E-state index in [1.165, 1.54) is 23.1 Å². The monoisotopic (exact) mass is 284 g/mol. The van der Waals surface area contributed by atoms with Gasteiger partial charge in [0.05, 0.1) is 0 Å². The highest BCUT2D eigenvalue weighted by atomic mass is 79.9. The van der Waals surface area contributed by atoms with Crippen LogP contribution in [0.4, 0.5) is 0 Å². The van der Waals surface area contributed by atoms with E-state index in [1.807, 2.05) is 0 Å². The third kappa shape index (κ3) is 1.23. The standard InChI is InChI=1S/C16H13Br/c17-16-14-9-10-5-1-2-6-11(10)15(16)13-8-4-3-7-12(13)14/h1-8,14-16H,9H2. The summed E-state index contributed by atoms with van der Waals surface area (Å²) in [6.45, 7) is 0. The van der Waals surface area contributed by atoms with Crippen LogP contribution in [0.1, 0.15) is 34.1 Å². The average Bonchev–Trinajstić information content (AvgIpc) is 2.56. The molecule has 17 heavy (non-hydrogen) atoms. The van der Waals surface area contributed by atoms with Gasteiger partial charge in [0.15, 0.2) is 0 Å². The summed E-state index contributed by atoms with van der Waals surface area (Å²) in [7, 11) is 0. The molecule has 0 nitrogen and oxygen atoms in total. The highest BCUT2D eigenvalue weighted by Gasteiger charge is 2.43. The maximum atomic E-state index is 3.93. The second-order valence-corrected chi connectivity index (χ2v) is 6.12. The lowest BCUT2D eigenvalue weighted by Crippen LogP contribution is -2.21. The first-order valence-corrected chi connectivity index (χ1v) is 7.08. The van der Waals surface area contributed by atoms with Crippen molar-refractivity contribution in [2.75, 3.05) is 0 Å². The van der Waals surface area contributed by atoms with Crippen molar-refractivity contribution in [2.24, 2.45) is 0 Å². The van der Waals surface area contributed by atoms with Gasteiger partial charge >= 0.3 is 0 Å². The molecule has 3 unspecified atom stereocenters. The predicted octanol–water partition coefficient (Wildman–Crippen LogP) is 4.24. The number of hydrogen-bond acceptors (Lipinski definition) is 0. The number of benzene rings is 2. The minimum atomic E-state index is 0.557. The van der Waals surface area contributed by atoms with Crippen LogP contribution in [0, 0.1) is 0 Å². The maximum Gasteiger partial charge on any atom is 0.0327 e. The lowest BCUT2D eigenvalue weighted by atomic mass is 9.81. The van der Waals surface area contributed by atoms with E-state index in [0.717, 1.165) is 0 Å². The fourth-order valence-corrected chi connectivity index (χ4v) is 4.57. The first-order valence-electron chi connectivity index (χ1n) is 6.17. The summed E-state index contributed by atoms with van der Waals surface area (Å²) in [6, 6.07) is 17.9. The third-order valence-corrected chi connectivity index (χ3v) is 5.43. The van der Waals surface area contributed by atoms with Crippen LogP contribution in [0.5, 0.6) is 0 Å². The van der Waals surface area contributed by atoms with Crippen molar-refractivity contribution in [2.45, 2.75) is 23.1 Å². The van der Waals surface area contributed by atoms with E-state index >= 15 is 0 Å². The molecule has 0 spiro atoms. The fourth-order valence-electron chi connectivity index (χ4n) is 3.53. The molecule has 0 aromatic heterocycles. The van der Waals surface area contributed by atoms with Gasteiger partial charge in [0.1, 0.15) is 0 Å². The van der Waals surface area contributed by atoms with Gasteiger partial charge in [-0.3, -0.25) is 0 Å². The summed E-state index contributed by atoms with van der Waals surface area (Å²) in [5, 5.41) is 0. The fraction of sp³-hybridized carbons (Fsp3) is 0.250. The molecule has 0 radical (unpaired) electrons. The summed E-state index contributed by atoms with van der Waals surface area (Å²) < 4.78 is 0. The van der Waals surface area contributed by atoms with Crippen LogP contribution in [-0.4, -0.2) is 4.83 Å². The van der Waals surface area contributed by atoms with Gasteiger partial charge in [-0.2, -0.15) is 0 Å². The Balaban J connectivity index is 2.00. The molecule has 2 bridgehead atoms. The van der Waals surface area contributed by atoms with Crippen LogP contribution in [0.25, 0.3) is 0 Å². The van der Waals surface area contributed by atoms with Crippen LogP contribution >= 0.6 is 15.9 Å². The highest BCUT2D eigenvalue weighted by molar-refractivity contribution is 9.09. The van der Waals surface area contributed by atoms with E-state index in [-0.39, 0.29) is 0 Å². The van der Waals surface area contributed by atoms with Gasteiger partial charge in [-0.1, -0.05) is 64.5 Å². The Hall–Kier alpha value is -1.08. The normalized spacial score (nSPS) is 28.6. The summed E-state index contributed by atoms with van der Waals surface area (Å²) in [5.41, 5.74) is 6.14. The van der Waals surface area contributed by atoms with Crippen LogP contribution in [0.3, 0.4) is 0 Å². The zero-order chi connectivity index (χ0) is 11.4. The Morgan fingerprint density at radius 2 is 1.47 bits per heavy atom. The van der Waals surface area contributed by atoms with Gasteiger partial charge in [-0.15, -0.1) is 0 Å². The Labute approximate surface area is 110 Å². The molecule has 1 heteroatoms. The second-order valence-electron chi connectivity index (χ2n) is 5.06. The molecule has 4 rings (SSSR count). The highest BCUT2D eigenvalue weighted by Crippen LogP contribution is 2.54. The number of halogens is 1. The van der Waals surface area contributed by atoms with Crippen molar-refractivity contribution < 1.29 is 0 Å². The topological polar surface area (TPSA) is 0 Å². The van der Waals surface area contributed by atoms with Gasteiger partial charge in [0, 0.05) is 16.7 Å². The lowest BCUT2D eigenvalue weighted by Gasteiger charge is -2.28. The Kier molecular flexibility index (Phi) is 2.01. The van der Waals surface area contributed by atoms with Crippen molar-refractivity contribution >= 4 is 15.9 Å². The predicted molar refractivity (Wildman–Crippen MR) is 73.9 cm³/mol. The summed E-state index contributed by atoms with van der Waals surface area (Å²) in [4.78, 5) is 0.579. The molecule has 0 amide bonds. The Morgan fingerprint density at radius 1 is 0.824 bits per heavy atom. The number of fused-ring (bicyclic) bond motifs is 7. The van der Waals surface area contributed by atoms with Gasteiger partial charge in [-0.05, 0) is 28.7 Å². The molecule has 0 saturated carbocycles.